The highest BCUT2D eigenvalue weighted by Gasteiger charge is 2.48. The molecule has 12 heteroatoms. The molecule has 0 saturated carbocycles. The van der Waals surface area contributed by atoms with E-state index in [4.69, 9.17) is 33.0 Å². The SMILES string of the molecule is CC.CNC(=O)OC1OC(C(=O)O)C(O)C(O)C1O.Clc1cccc(Cl)c1-c1cccc2c1OCCC2. The van der Waals surface area contributed by atoms with Crippen molar-refractivity contribution in [1.82, 2.24) is 5.32 Å². The number of aliphatic carboxylic acids is 1. The zero-order chi connectivity index (χ0) is 27.7. The Balaban J connectivity index is 0.000000245. The highest BCUT2D eigenvalue weighted by atomic mass is 35.5. The first kappa shape index (κ1) is 30.6. The van der Waals surface area contributed by atoms with Crippen molar-refractivity contribution in [2.45, 2.75) is 57.4 Å². The summed E-state index contributed by atoms with van der Waals surface area (Å²) < 4.78 is 15.0. The van der Waals surface area contributed by atoms with E-state index in [0.717, 1.165) is 36.3 Å². The number of aliphatic hydroxyl groups is 3. The summed E-state index contributed by atoms with van der Waals surface area (Å²) in [6.07, 6.45) is -7.67. The van der Waals surface area contributed by atoms with E-state index < -0.39 is 42.8 Å². The third kappa shape index (κ3) is 7.47. The van der Waals surface area contributed by atoms with Gasteiger partial charge in [-0.3, -0.25) is 0 Å². The van der Waals surface area contributed by atoms with Gasteiger partial charge in [-0.2, -0.15) is 0 Å². The van der Waals surface area contributed by atoms with Crippen LogP contribution < -0.4 is 10.1 Å². The maximum atomic E-state index is 10.9. The number of hydrogen-bond acceptors (Lipinski definition) is 8. The first-order chi connectivity index (χ1) is 17.6. The second kappa shape index (κ2) is 14.4. The summed E-state index contributed by atoms with van der Waals surface area (Å²) in [5.74, 6) is -0.618. The fraction of sp³-hybridized carbons (Fsp3) is 0.440. The van der Waals surface area contributed by atoms with Gasteiger partial charge in [0.2, 0.25) is 6.29 Å². The number of carboxylic acids is 1. The molecule has 2 heterocycles. The number of alkyl carbamates (subject to hydrolysis) is 1. The number of benzene rings is 2. The minimum absolute atomic E-state index is 0.657. The van der Waals surface area contributed by atoms with Crippen LogP contribution in [-0.4, -0.2) is 76.8 Å². The molecular formula is C25H31Cl2NO9. The smallest absolute Gasteiger partial charge is 0.409 e. The van der Waals surface area contributed by atoms with Crippen LogP contribution >= 0.6 is 23.2 Å². The Labute approximate surface area is 224 Å². The molecular weight excluding hydrogens is 529 g/mol. The van der Waals surface area contributed by atoms with Crippen molar-refractivity contribution in [3.8, 4) is 16.9 Å². The molecule has 0 aliphatic carbocycles. The van der Waals surface area contributed by atoms with Crippen LogP contribution in [-0.2, 0) is 20.7 Å². The number of amides is 1. The zero-order valence-corrected chi connectivity index (χ0v) is 22.1. The fourth-order valence-corrected chi connectivity index (χ4v) is 4.26. The normalized spacial score (nSPS) is 24.1. The Morgan fingerprint density at radius 2 is 1.62 bits per heavy atom. The predicted octanol–water partition coefficient (Wildman–Crippen LogP) is 3.25. The number of carbonyl (C=O) groups is 2. The number of aryl methyl sites for hydroxylation is 1. The molecule has 0 spiro atoms. The standard InChI is InChI=1S/C15H12Cl2O.C8H13NO8.C2H6/c16-12-7-2-8-13(17)14(12)11-6-1-4-10-5-3-9-18-15(10)11;1-9-8(15)17-7-4(12)2(10)3(11)5(16-7)6(13)14;1-2/h1-2,4,6-8H,3,5,9H2;2-5,7,10-12H,1H3,(H,9,15)(H,13,14);1-2H3. The number of ether oxygens (including phenoxy) is 3. The Bertz CT molecular complexity index is 1050. The zero-order valence-electron chi connectivity index (χ0n) is 20.6. The maximum Gasteiger partial charge on any atom is 0.409 e. The molecule has 5 atom stereocenters. The van der Waals surface area contributed by atoms with Gasteiger partial charge >= 0.3 is 12.1 Å². The lowest BCUT2D eigenvalue weighted by molar-refractivity contribution is -0.278. The van der Waals surface area contributed by atoms with Crippen molar-refractivity contribution in [1.29, 1.82) is 0 Å². The molecule has 1 amide bonds. The average molecular weight is 560 g/mol. The number of carboxylic acid groups (broad SMARTS) is 1. The number of hydrogen-bond donors (Lipinski definition) is 5. The lowest BCUT2D eigenvalue weighted by Gasteiger charge is -2.37. The van der Waals surface area contributed by atoms with Crippen LogP contribution in [0.1, 0.15) is 25.8 Å². The van der Waals surface area contributed by atoms with Crippen molar-refractivity contribution in [3.05, 3.63) is 52.0 Å². The van der Waals surface area contributed by atoms with E-state index in [0.29, 0.717) is 10.0 Å². The third-order valence-electron chi connectivity index (χ3n) is 5.41. The van der Waals surface area contributed by atoms with E-state index in [9.17, 15) is 24.9 Å². The van der Waals surface area contributed by atoms with Gasteiger partial charge in [-0.05, 0) is 30.5 Å². The van der Waals surface area contributed by atoms with Crippen LogP contribution in [0.25, 0.3) is 11.1 Å². The lowest BCUT2D eigenvalue weighted by atomic mass is 9.97. The molecule has 1 fully saturated rings. The Kier molecular flexibility index (Phi) is 11.9. The van der Waals surface area contributed by atoms with Gasteiger partial charge in [0.25, 0.3) is 0 Å². The predicted molar refractivity (Wildman–Crippen MR) is 137 cm³/mol. The van der Waals surface area contributed by atoms with E-state index in [1.807, 2.05) is 44.2 Å². The third-order valence-corrected chi connectivity index (χ3v) is 6.04. The molecule has 2 aliphatic heterocycles. The van der Waals surface area contributed by atoms with Crippen LogP contribution in [0, 0.1) is 0 Å². The summed E-state index contributed by atoms with van der Waals surface area (Å²) in [7, 11) is 1.25. The summed E-state index contributed by atoms with van der Waals surface area (Å²) in [4.78, 5) is 21.6. The van der Waals surface area contributed by atoms with E-state index in [2.05, 4.69) is 20.9 Å². The second-order valence-electron chi connectivity index (χ2n) is 7.73. The monoisotopic (exact) mass is 559 g/mol. The fourth-order valence-electron chi connectivity index (χ4n) is 3.65. The second-order valence-corrected chi connectivity index (χ2v) is 8.55. The van der Waals surface area contributed by atoms with Crippen LogP contribution in [0.15, 0.2) is 36.4 Å². The summed E-state index contributed by atoms with van der Waals surface area (Å²) in [6.45, 7) is 4.76. The summed E-state index contributed by atoms with van der Waals surface area (Å²) in [5.41, 5.74) is 3.08. The number of carbonyl (C=O) groups excluding carboxylic acids is 1. The quantitative estimate of drug-likeness (QED) is 0.381. The summed E-state index contributed by atoms with van der Waals surface area (Å²) >= 11 is 12.5. The number of para-hydroxylation sites is 1. The van der Waals surface area contributed by atoms with Crippen molar-refractivity contribution in [3.63, 3.8) is 0 Å². The minimum atomic E-state index is -1.81. The number of fused-ring (bicyclic) bond motifs is 1. The molecule has 5 unspecified atom stereocenters. The molecule has 4 rings (SSSR count). The topological polar surface area (TPSA) is 155 Å². The molecule has 204 valence electrons. The molecule has 37 heavy (non-hydrogen) atoms. The maximum absolute atomic E-state index is 10.9. The van der Waals surface area contributed by atoms with Gasteiger partial charge in [0, 0.05) is 18.2 Å². The van der Waals surface area contributed by atoms with Crippen molar-refractivity contribution in [2.75, 3.05) is 13.7 Å². The van der Waals surface area contributed by atoms with E-state index in [1.54, 1.807) is 0 Å². The van der Waals surface area contributed by atoms with Crippen LogP contribution in [0.4, 0.5) is 4.79 Å². The Morgan fingerprint density at radius 1 is 1.00 bits per heavy atom. The minimum Gasteiger partial charge on any atom is -0.493 e. The van der Waals surface area contributed by atoms with Crippen molar-refractivity contribution in [2.24, 2.45) is 0 Å². The van der Waals surface area contributed by atoms with Crippen molar-refractivity contribution < 1.29 is 44.2 Å². The summed E-state index contributed by atoms with van der Waals surface area (Å²) in [5, 5.41) is 40.2. The van der Waals surface area contributed by atoms with E-state index in [1.165, 1.54) is 12.6 Å². The van der Waals surface area contributed by atoms with Gasteiger partial charge in [0.1, 0.15) is 24.1 Å². The molecule has 10 nitrogen and oxygen atoms in total. The lowest BCUT2D eigenvalue weighted by Crippen LogP contribution is -2.60. The Hall–Kier alpha value is -2.60. The molecule has 2 aromatic carbocycles. The molecule has 0 radical (unpaired) electrons. The molecule has 0 aromatic heterocycles. The molecule has 5 N–H and O–H groups in total. The van der Waals surface area contributed by atoms with Crippen LogP contribution in [0.2, 0.25) is 10.0 Å². The van der Waals surface area contributed by atoms with Gasteiger partial charge < -0.3 is 40.0 Å². The first-order valence-electron chi connectivity index (χ1n) is 11.7. The van der Waals surface area contributed by atoms with Gasteiger partial charge in [0.15, 0.2) is 6.10 Å². The van der Waals surface area contributed by atoms with Gasteiger partial charge in [-0.15, -0.1) is 0 Å². The van der Waals surface area contributed by atoms with Crippen molar-refractivity contribution >= 4 is 35.3 Å². The molecule has 2 aliphatic rings. The number of rotatable bonds is 3. The first-order valence-corrected chi connectivity index (χ1v) is 12.4. The van der Waals surface area contributed by atoms with Gasteiger partial charge in [-0.25, -0.2) is 9.59 Å². The molecule has 2 aromatic rings. The molecule has 1 saturated heterocycles. The number of nitrogens with one attached hydrogen (secondary N) is 1. The van der Waals surface area contributed by atoms with E-state index in [-0.39, 0.29) is 0 Å². The van der Waals surface area contributed by atoms with Crippen LogP contribution in [0.5, 0.6) is 5.75 Å². The average Bonchev–Trinajstić information content (AvgIpc) is 2.90. The molecule has 0 bridgehead atoms. The number of halogens is 2. The highest BCUT2D eigenvalue weighted by Crippen LogP contribution is 2.42. The van der Waals surface area contributed by atoms with Gasteiger partial charge in [0.05, 0.1) is 16.7 Å². The summed E-state index contributed by atoms with van der Waals surface area (Å²) in [6, 6.07) is 11.7. The van der Waals surface area contributed by atoms with E-state index >= 15 is 0 Å². The highest BCUT2D eigenvalue weighted by molar-refractivity contribution is 6.39. The largest absolute Gasteiger partial charge is 0.493 e. The number of aliphatic hydroxyl groups excluding tert-OH is 3. The Morgan fingerprint density at radius 3 is 2.22 bits per heavy atom. The van der Waals surface area contributed by atoms with Gasteiger partial charge in [-0.1, -0.05) is 61.3 Å². The van der Waals surface area contributed by atoms with Crippen LogP contribution in [0.3, 0.4) is 0 Å².